The van der Waals surface area contributed by atoms with Gasteiger partial charge in [0.25, 0.3) is 5.91 Å². The lowest BCUT2D eigenvalue weighted by Crippen LogP contribution is -2.67. The van der Waals surface area contributed by atoms with E-state index in [1.807, 2.05) is 0 Å². The van der Waals surface area contributed by atoms with Crippen molar-refractivity contribution in [3.63, 3.8) is 0 Å². The minimum absolute atomic E-state index is 0.172. The van der Waals surface area contributed by atoms with Crippen molar-refractivity contribution < 1.29 is 36.7 Å². The molecule has 0 bridgehead atoms. The number of hydrogen-bond donors (Lipinski definition) is 1. The fourth-order valence-corrected chi connectivity index (χ4v) is 1.57. The molecule has 0 fully saturated rings. The molecular weight excluding hydrogens is 313 g/mol. The number of carboxylic acids is 1. The van der Waals surface area contributed by atoms with Crippen molar-refractivity contribution in [2.24, 2.45) is 0 Å². The molecule has 0 aliphatic rings. The Morgan fingerprint density at radius 2 is 1.50 bits per heavy atom. The van der Waals surface area contributed by atoms with Gasteiger partial charge in [-0.1, -0.05) is 22.7 Å². The molecule has 0 spiro atoms. The minimum Gasteiger partial charge on any atom is -0.477 e. The maximum atomic E-state index is 14.3. The Bertz CT molecular complexity index is 573. The van der Waals surface area contributed by atoms with Gasteiger partial charge < -0.3 is 5.11 Å². The van der Waals surface area contributed by atoms with E-state index in [0.29, 0.717) is 0 Å². The van der Waals surface area contributed by atoms with Gasteiger partial charge in [-0.2, -0.15) is 13.2 Å². The van der Waals surface area contributed by atoms with Crippen molar-refractivity contribution in [1.29, 1.82) is 0 Å². The van der Waals surface area contributed by atoms with Gasteiger partial charge in [0.1, 0.15) is 0 Å². The highest BCUT2D eigenvalue weighted by Gasteiger charge is 2.74. The SMILES string of the molecule is CC(C)(F)C(F)(F)[C@@](F)(C(=O)O)N(F)C(=O)c1ccccc1. The lowest BCUT2D eigenvalue weighted by atomic mass is 9.92. The molecule has 1 amide bonds. The zero-order valence-electron chi connectivity index (χ0n) is 11.5. The topological polar surface area (TPSA) is 57.6 Å². The maximum Gasteiger partial charge on any atom is 0.374 e. The van der Waals surface area contributed by atoms with E-state index < -0.39 is 39.9 Å². The molecule has 1 rings (SSSR count). The first-order valence-corrected chi connectivity index (χ1v) is 5.91. The van der Waals surface area contributed by atoms with Gasteiger partial charge in [0, 0.05) is 5.56 Å². The maximum absolute atomic E-state index is 14.3. The molecule has 0 saturated heterocycles. The van der Waals surface area contributed by atoms with Gasteiger partial charge in [-0.15, -0.1) is 5.12 Å². The van der Waals surface area contributed by atoms with Crippen LogP contribution in [0.1, 0.15) is 24.2 Å². The molecule has 22 heavy (non-hydrogen) atoms. The van der Waals surface area contributed by atoms with E-state index in [1.165, 1.54) is 18.2 Å². The summed E-state index contributed by atoms with van der Waals surface area (Å²) in [7, 11) is 0. The Labute approximate surface area is 122 Å². The summed E-state index contributed by atoms with van der Waals surface area (Å²) in [4.78, 5) is 22.5. The number of rotatable bonds is 5. The summed E-state index contributed by atoms with van der Waals surface area (Å²) in [6.07, 6.45) is 0. The summed E-state index contributed by atoms with van der Waals surface area (Å²) in [5, 5.41) is 6.84. The van der Waals surface area contributed by atoms with Crippen LogP contribution in [-0.2, 0) is 4.79 Å². The van der Waals surface area contributed by atoms with Crippen LogP contribution < -0.4 is 0 Å². The van der Waals surface area contributed by atoms with Crippen LogP contribution in [-0.4, -0.2) is 39.5 Å². The zero-order valence-corrected chi connectivity index (χ0v) is 11.5. The smallest absolute Gasteiger partial charge is 0.374 e. The van der Waals surface area contributed by atoms with Gasteiger partial charge in [-0.05, 0) is 26.0 Å². The molecule has 1 aromatic carbocycles. The molecule has 1 aromatic rings. The Kier molecular flexibility index (Phi) is 4.50. The summed E-state index contributed by atoms with van der Waals surface area (Å²) in [5.74, 6) is -15.6. The third-order valence-electron chi connectivity index (χ3n) is 2.92. The van der Waals surface area contributed by atoms with Gasteiger partial charge in [0.05, 0.1) is 0 Å². The number of carboxylic acid groups (broad SMARTS) is 1. The predicted octanol–water partition coefficient (Wildman–Crippen LogP) is 3.15. The van der Waals surface area contributed by atoms with Crippen LogP contribution in [0.15, 0.2) is 30.3 Å². The average molecular weight is 325 g/mol. The van der Waals surface area contributed by atoms with Gasteiger partial charge in [0.2, 0.25) is 0 Å². The summed E-state index contributed by atoms with van der Waals surface area (Å²) in [6, 6.07) is 5.75. The molecule has 0 aromatic heterocycles. The Hall–Kier alpha value is -2.19. The van der Waals surface area contributed by atoms with Gasteiger partial charge in [-0.3, -0.25) is 4.79 Å². The molecule has 0 aliphatic carbocycles. The molecule has 0 radical (unpaired) electrons. The fraction of sp³-hybridized carbons (Fsp3) is 0.385. The van der Waals surface area contributed by atoms with Crippen LogP contribution in [0.3, 0.4) is 0 Å². The Balaban J connectivity index is 3.38. The van der Waals surface area contributed by atoms with Crippen LogP contribution in [0, 0.1) is 0 Å². The summed E-state index contributed by atoms with van der Waals surface area (Å²) in [6.45, 7) is 0.343. The number of benzene rings is 1. The molecule has 0 heterocycles. The van der Waals surface area contributed by atoms with Gasteiger partial charge in [0.15, 0.2) is 5.67 Å². The van der Waals surface area contributed by atoms with Crippen molar-refractivity contribution >= 4 is 11.9 Å². The van der Waals surface area contributed by atoms with E-state index in [9.17, 15) is 31.6 Å². The van der Waals surface area contributed by atoms with E-state index in [2.05, 4.69) is 0 Å². The molecule has 4 nitrogen and oxygen atoms in total. The van der Waals surface area contributed by atoms with E-state index in [4.69, 9.17) is 5.11 Å². The molecule has 1 atom stereocenters. The number of carbonyl (C=O) groups is 2. The summed E-state index contributed by atoms with van der Waals surface area (Å²) < 4.78 is 69.2. The van der Waals surface area contributed by atoms with E-state index in [0.717, 1.165) is 12.1 Å². The first-order valence-electron chi connectivity index (χ1n) is 5.91. The zero-order chi connectivity index (χ0) is 17.3. The van der Waals surface area contributed by atoms with E-state index >= 15 is 0 Å². The largest absolute Gasteiger partial charge is 0.477 e. The highest BCUT2D eigenvalue weighted by Crippen LogP contribution is 2.46. The molecule has 0 saturated carbocycles. The number of alkyl halides is 4. The molecule has 0 unspecified atom stereocenters. The standard InChI is InChI=1S/C13H12F5NO3/c1-11(2,14)13(16,17)12(15,10(21)22)19(18)9(20)8-6-4-3-5-7-8/h3-7H,1-2H3,(H,21,22)/t12-/m1/s1. The summed E-state index contributed by atoms with van der Waals surface area (Å²) >= 11 is 0. The first kappa shape index (κ1) is 17.9. The van der Waals surface area contributed by atoms with E-state index in [-0.39, 0.29) is 13.8 Å². The summed E-state index contributed by atoms with van der Waals surface area (Å²) in [5.41, 5.74) is -4.33. The second-order valence-corrected chi connectivity index (χ2v) is 4.93. The second-order valence-electron chi connectivity index (χ2n) is 4.93. The lowest BCUT2D eigenvalue weighted by molar-refractivity contribution is -0.284. The third-order valence-corrected chi connectivity index (χ3v) is 2.92. The van der Waals surface area contributed by atoms with Gasteiger partial charge >= 0.3 is 17.7 Å². The van der Waals surface area contributed by atoms with Crippen molar-refractivity contribution in [2.75, 3.05) is 0 Å². The normalized spacial score (nSPS) is 15.0. The molecular formula is C13H12F5NO3. The van der Waals surface area contributed by atoms with Crippen LogP contribution >= 0.6 is 0 Å². The highest BCUT2D eigenvalue weighted by atomic mass is 19.3. The van der Waals surface area contributed by atoms with Gasteiger partial charge in [-0.25, -0.2) is 9.18 Å². The molecule has 0 aliphatic heterocycles. The third kappa shape index (κ3) is 2.62. The minimum atomic E-state index is -5.36. The Morgan fingerprint density at radius 1 is 1.05 bits per heavy atom. The lowest BCUT2D eigenvalue weighted by Gasteiger charge is -2.37. The quantitative estimate of drug-likeness (QED) is 0.514. The van der Waals surface area contributed by atoms with Crippen molar-refractivity contribution in [3.8, 4) is 0 Å². The van der Waals surface area contributed by atoms with Crippen molar-refractivity contribution in [1.82, 2.24) is 5.12 Å². The van der Waals surface area contributed by atoms with Crippen LogP contribution in [0.25, 0.3) is 0 Å². The molecule has 9 heteroatoms. The number of hydrogen-bond acceptors (Lipinski definition) is 2. The monoisotopic (exact) mass is 325 g/mol. The van der Waals surface area contributed by atoms with Crippen LogP contribution in [0.5, 0.6) is 0 Å². The van der Waals surface area contributed by atoms with Crippen LogP contribution in [0.2, 0.25) is 0 Å². The van der Waals surface area contributed by atoms with Crippen molar-refractivity contribution in [2.45, 2.75) is 31.2 Å². The highest BCUT2D eigenvalue weighted by molar-refractivity contribution is 5.97. The molecule has 1 N–H and O–H groups in total. The predicted molar refractivity (Wildman–Crippen MR) is 65.3 cm³/mol. The second kappa shape index (κ2) is 5.54. The average Bonchev–Trinajstić information content (AvgIpc) is 2.44. The van der Waals surface area contributed by atoms with Crippen LogP contribution in [0.4, 0.5) is 22.0 Å². The Morgan fingerprint density at radius 3 is 1.86 bits per heavy atom. The number of amides is 1. The number of aliphatic carboxylic acids is 1. The van der Waals surface area contributed by atoms with Crippen molar-refractivity contribution in [3.05, 3.63) is 35.9 Å². The fourth-order valence-electron chi connectivity index (χ4n) is 1.57. The number of nitrogens with zero attached hydrogens (tertiary/aromatic N) is 1. The molecule has 122 valence electrons. The number of halogens is 5. The number of carbonyl (C=O) groups excluding carboxylic acids is 1. The van der Waals surface area contributed by atoms with E-state index in [1.54, 1.807) is 0 Å². The first-order chi connectivity index (χ1) is 9.87.